The molecule has 0 spiro atoms. The summed E-state index contributed by atoms with van der Waals surface area (Å²) in [4.78, 5) is 28.3. The summed E-state index contributed by atoms with van der Waals surface area (Å²) in [5.74, 6) is 1.87. The second-order valence-corrected chi connectivity index (χ2v) is 11.0. The number of benzene rings is 1. The number of ether oxygens (including phenoxy) is 2. The molecule has 3 fully saturated rings. The fraction of sp³-hybridized carbons (Fsp3) is 0.346. The van der Waals surface area contributed by atoms with Crippen molar-refractivity contribution in [2.24, 2.45) is 11.8 Å². The highest BCUT2D eigenvalue weighted by molar-refractivity contribution is 8.26. The van der Waals surface area contributed by atoms with Gasteiger partial charge in [-0.15, -0.1) is 0 Å². The first-order chi connectivity index (χ1) is 17.4. The van der Waals surface area contributed by atoms with E-state index in [1.54, 1.807) is 35.2 Å². The van der Waals surface area contributed by atoms with Crippen LogP contribution in [0.4, 0.5) is 0 Å². The molecule has 1 amide bonds. The molecular formula is C26H23NO7S2. The fourth-order valence-corrected chi connectivity index (χ4v) is 7.12. The zero-order chi connectivity index (χ0) is 25.1. The Morgan fingerprint density at radius 2 is 1.94 bits per heavy atom. The van der Waals surface area contributed by atoms with Crippen LogP contribution < -0.4 is 15.1 Å². The van der Waals surface area contributed by atoms with E-state index in [0.29, 0.717) is 32.6 Å². The number of thioether (sulfide) groups is 1. The Bertz CT molecular complexity index is 1500. The molecule has 2 aromatic heterocycles. The number of carbonyl (C=O) groups is 1. The normalized spacial score (nSPS) is 24.4. The summed E-state index contributed by atoms with van der Waals surface area (Å²) in [5, 5.41) is 11.2. The third-order valence-electron chi connectivity index (χ3n) is 7.39. The number of furan rings is 1. The summed E-state index contributed by atoms with van der Waals surface area (Å²) in [6.45, 7) is 0. The van der Waals surface area contributed by atoms with Gasteiger partial charge in [-0.2, -0.15) is 0 Å². The Kier molecular flexibility index (Phi) is 5.60. The van der Waals surface area contributed by atoms with Crippen molar-refractivity contribution in [1.29, 1.82) is 0 Å². The predicted octanol–water partition coefficient (Wildman–Crippen LogP) is 5.17. The smallest absolute Gasteiger partial charge is 0.351 e. The standard InChI is InChI=1S/C26H23NO7S2/c1-31-18-8-6-15-21(28)20(25(30)34-22(15)23(18)32-2)17-7-5-14(33-17)11-19-24(29)27(26(35)36-19)16-10-12-3-4-13(16)9-12/h5-8,11-13,16,28H,3-4,9-10H2,1-2H3/b19-11+. The van der Waals surface area contributed by atoms with Crippen LogP contribution in [0.2, 0.25) is 0 Å². The second-order valence-electron chi connectivity index (χ2n) is 9.29. The van der Waals surface area contributed by atoms with Gasteiger partial charge in [0.2, 0.25) is 5.75 Å². The highest BCUT2D eigenvalue weighted by Crippen LogP contribution is 2.49. The number of nitrogens with zero attached hydrogens (tertiary/aromatic N) is 1. The minimum atomic E-state index is -0.796. The Balaban J connectivity index is 1.33. The molecule has 2 bridgehead atoms. The maximum atomic E-state index is 13.2. The maximum Gasteiger partial charge on any atom is 0.351 e. The van der Waals surface area contributed by atoms with Crippen molar-refractivity contribution in [3.63, 3.8) is 0 Å². The molecule has 3 atom stereocenters. The van der Waals surface area contributed by atoms with Crippen LogP contribution in [0.1, 0.15) is 31.4 Å². The Morgan fingerprint density at radius 3 is 2.64 bits per heavy atom. The molecule has 1 saturated heterocycles. The van der Waals surface area contributed by atoms with Gasteiger partial charge in [0.05, 0.1) is 24.5 Å². The number of aromatic hydroxyl groups is 1. The van der Waals surface area contributed by atoms with Crippen molar-refractivity contribution in [2.75, 3.05) is 14.2 Å². The highest BCUT2D eigenvalue weighted by atomic mass is 32.2. The van der Waals surface area contributed by atoms with E-state index >= 15 is 0 Å². The van der Waals surface area contributed by atoms with Gasteiger partial charge >= 0.3 is 5.63 Å². The van der Waals surface area contributed by atoms with Crippen LogP contribution in [0.3, 0.4) is 0 Å². The van der Waals surface area contributed by atoms with E-state index < -0.39 is 5.63 Å². The Labute approximate surface area is 215 Å². The highest BCUT2D eigenvalue weighted by Gasteiger charge is 2.48. The molecule has 1 aliphatic heterocycles. The van der Waals surface area contributed by atoms with Gasteiger partial charge in [0.25, 0.3) is 5.91 Å². The molecule has 3 unspecified atom stereocenters. The van der Waals surface area contributed by atoms with Gasteiger partial charge in [-0.3, -0.25) is 9.69 Å². The second kappa shape index (κ2) is 8.70. The molecule has 186 valence electrons. The topological polar surface area (TPSA) is 102 Å². The average Bonchev–Trinajstić information content (AvgIpc) is 3.64. The Hall–Kier alpha value is -3.24. The molecule has 10 heteroatoms. The maximum absolute atomic E-state index is 13.2. The predicted molar refractivity (Wildman–Crippen MR) is 139 cm³/mol. The number of fused-ring (bicyclic) bond motifs is 3. The van der Waals surface area contributed by atoms with Crippen LogP contribution in [-0.4, -0.2) is 40.5 Å². The molecule has 2 saturated carbocycles. The van der Waals surface area contributed by atoms with Crippen LogP contribution in [0.15, 0.2) is 42.8 Å². The van der Waals surface area contributed by atoms with Crippen LogP contribution in [0.5, 0.6) is 17.2 Å². The van der Waals surface area contributed by atoms with E-state index in [4.69, 9.17) is 30.5 Å². The molecule has 2 aliphatic carbocycles. The number of hydrogen-bond acceptors (Lipinski definition) is 9. The summed E-state index contributed by atoms with van der Waals surface area (Å²) < 4.78 is 22.5. The summed E-state index contributed by atoms with van der Waals surface area (Å²) in [6.07, 6.45) is 6.23. The lowest BCUT2D eigenvalue weighted by atomic mass is 9.94. The lowest BCUT2D eigenvalue weighted by Crippen LogP contribution is -2.41. The molecule has 8 nitrogen and oxygen atoms in total. The minimum Gasteiger partial charge on any atom is -0.506 e. The van der Waals surface area contributed by atoms with Crippen molar-refractivity contribution in [3.05, 3.63) is 45.4 Å². The van der Waals surface area contributed by atoms with Crippen LogP contribution in [0, 0.1) is 11.8 Å². The number of amides is 1. The van der Waals surface area contributed by atoms with Crippen molar-refractivity contribution in [2.45, 2.75) is 31.7 Å². The largest absolute Gasteiger partial charge is 0.506 e. The lowest BCUT2D eigenvalue weighted by molar-refractivity contribution is -0.124. The minimum absolute atomic E-state index is 0.0687. The number of carbonyl (C=O) groups excluding carboxylic acids is 1. The van der Waals surface area contributed by atoms with Crippen molar-refractivity contribution in [3.8, 4) is 28.6 Å². The summed E-state index contributed by atoms with van der Waals surface area (Å²) in [5.41, 5.74) is -0.849. The summed E-state index contributed by atoms with van der Waals surface area (Å²) in [6, 6.07) is 6.56. The summed E-state index contributed by atoms with van der Waals surface area (Å²) >= 11 is 6.82. The molecule has 1 aromatic carbocycles. The van der Waals surface area contributed by atoms with E-state index in [1.807, 2.05) is 0 Å². The van der Waals surface area contributed by atoms with Gasteiger partial charge in [0.15, 0.2) is 11.3 Å². The Morgan fingerprint density at radius 1 is 1.11 bits per heavy atom. The van der Waals surface area contributed by atoms with E-state index in [-0.39, 0.29) is 45.7 Å². The summed E-state index contributed by atoms with van der Waals surface area (Å²) in [7, 11) is 2.88. The van der Waals surface area contributed by atoms with Gasteiger partial charge in [-0.1, -0.05) is 30.4 Å². The molecule has 0 radical (unpaired) electrons. The number of thiocarbonyl (C=S) groups is 1. The first-order valence-electron chi connectivity index (χ1n) is 11.7. The van der Waals surface area contributed by atoms with E-state index in [9.17, 15) is 14.7 Å². The van der Waals surface area contributed by atoms with E-state index in [1.165, 1.54) is 38.8 Å². The molecule has 3 aliphatic rings. The van der Waals surface area contributed by atoms with Crippen LogP contribution >= 0.6 is 24.0 Å². The third kappa shape index (κ3) is 3.54. The van der Waals surface area contributed by atoms with Gasteiger partial charge in [0.1, 0.15) is 27.2 Å². The number of methoxy groups -OCH3 is 2. The number of hydrogen-bond donors (Lipinski definition) is 1. The first-order valence-corrected chi connectivity index (χ1v) is 12.9. The van der Waals surface area contributed by atoms with E-state index in [2.05, 4.69) is 0 Å². The van der Waals surface area contributed by atoms with Gasteiger partial charge in [-0.25, -0.2) is 4.79 Å². The fourth-order valence-electron chi connectivity index (χ4n) is 5.77. The zero-order valence-electron chi connectivity index (χ0n) is 19.6. The van der Waals surface area contributed by atoms with Gasteiger partial charge < -0.3 is 23.4 Å². The molecule has 1 N–H and O–H groups in total. The SMILES string of the molecule is COc1ccc2c(O)c(-c3ccc(/C=C4/SC(=S)N(C5CC6CCC5C6)C4=O)o3)c(=O)oc2c1OC. The monoisotopic (exact) mass is 525 g/mol. The molecule has 3 heterocycles. The lowest BCUT2D eigenvalue weighted by Gasteiger charge is -2.30. The first kappa shape index (κ1) is 23.2. The van der Waals surface area contributed by atoms with Crippen molar-refractivity contribution in [1.82, 2.24) is 4.90 Å². The molecular weight excluding hydrogens is 502 g/mol. The molecule has 36 heavy (non-hydrogen) atoms. The van der Waals surface area contributed by atoms with Crippen LogP contribution in [0.25, 0.3) is 28.4 Å². The average molecular weight is 526 g/mol. The quantitative estimate of drug-likeness (QED) is 0.275. The zero-order valence-corrected chi connectivity index (χ0v) is 21.2. The molecule has 3 aromatic rings. The van der Waals surface area contributed by atoms with Crippen LogP contribution in [-0.2, 0) is 4.79 Å². The van der Waals surface area contributed by atoms with Crippen molar-refractivity contribution >= 4 is 51.3 Å². The van der Waals surface area contributed by atoms with Crippen molar-refractivity contribution < 1.29 is 28.2 Å². The van der Waals surface area contributed by atoms with Gasteiger partial charge in [0, 0.05) is 12.1 Å². The molecule has 6 rings (SSSR count). The third-order valence-corrected chi connectivity index (χ3v) is 8.72. The van der Waals surface area contributed by atoms with E-state index in [0.717, 1.165) is 12.8 Å². The van der Waals surface area contributed by atoms with Gasteiger partial charge in [-0.05, 0) is 55.4 Å². The number of rotatable bonds is 5.